The SMILES string of the molecule is C[C@@H](NC=O)c1cccc(O)c1. The van der Waals surface area contributed by atoms with Crippen LogP contribution in [0.15, 0.2) is 24.3 Å². The monoisotopic (exact) mass is 165 g/mol. The summed E-state index contributed by atoms with van der Waals surface area (Å²) in [6.07, 6.45) is 0.648. The van der Waals surface area contributed by atoms with Crippen LogP contribution in [0.2, 0.25) is 0 Å². The highest BCUT2D eigenvalue weighted by Crippen LogP contribution is 2.16. The molecule has 0 saturated carbocycles. The predicted molar refractivity (Wildman–Crippen MR) is 45.7 cm³/mol. The van der Waals surface area contributed by atoms with Crippen molar-refractivity contribution in [3.05, 3.63) is 29.8 Å². The molecule has 2 N–H and O–H groups in total. The number of carbonyl (C=O) groups is 1. The summed E-state index contributed by atoms with van der Waals surface area (Å²) in [6, 6.07) is 6.75. The quantitative estimate of drug-likeness (QED) is 0.661. The van der Waals surface area contributed by atoms with Crippen LogP contribution in [0.3, 0.4) is 0 Å². The molecule has 0 radical (unpaired) electrons. The van der Waals surface area contributed by atoms with Crippen molar-refractivity contribution in [1.29, 1.82) is 0 Å². The van der Waals surface area contributed by atoms with Crippen LogP contribution in [0.4, 0.5) is 0 Å². The van der Waals surface area contributed by atoms with E-state index in [0.717, 1.165) is 5.56 Å². The summed E-state index contributed by atoms with van der Waals surface area (Å²) < 4.78 is 0. The molecule has 3 heteroatoms. The minimum Gasteiger partial charge on any atom is -0.508 e. The first kappa shape index (κ1) is 8.59. The summed E-state index contributed by atoms with van der Waals surface area (Å²) in [7, 11) is 0. The van der Waals surface area contributed by atoms with Gasteiger partial charge in [-0.25, -0.2) is 0 Å². The molecule has 1 atom stereocenters. The fourth-order valence-corrected chi connectivity index (χ4v) is 0.992. The van der Waals surface area contributed by atoms with Gasteiger partial charge in [-0.05, 0) is 24.6 Å². The summed E-state index contributed by atoms with van der Waals surface area (Å²) in [6.45, 7) is 1.85. The molecule has 0 bridgehead atoms. The molecular weight excluding hydrogens is 154 g/mol. The molecule has 1 amide bonds. The van der Waals surface area contributed by atoms with Crippen LogP contribution < -0.4 is 5.32 Å². The smallest absolute Gasteiger partial charge is 0.207 e. The molecule has 0 saturated heterocycles. The summed E-state index contributed by atoms with van der Waals surface area (Å²) in [5.41, 5.74) is 0.891. The predicted octanol–water partition coefficient (Wildman–Crippen LogP) is 1.20. The maximum atomic E-state index is 10.1. The molecule has 0 heterocycles. The number of phenolic OH excluding ortho intramolecular Hbond substituents is 1. The maximum absolute atomic E-state index is 10.1. The van der Waals surface area contributed by atoms with E-state index in [4.69, 9.17) is 5.11 Å². The van der Waals surface area contributed by atoms with Crippen LogP contribution in [0.5, 0.6) is 5.75 Å². The van der Waals surface area contributed by atoms with E-state index in [1.165, 1.54) is 0 Å². The van der Waals surface area contributed by atoms with Crippen molar-refractivity contribution in [3.63, 3.8) is 0 Å². The summed E-state index contributed by atoms with van der Waals surface area (Å²) in [5.74, 6) is 0.215. The average Bonchev–Trinajstić information content (AvgIpc) is 2.05. The van der Waals surface area contributed by atoms with E-state index in [2.05, 4.69) is 5.32 Å². The standard InChI is InChI=1S/C9H11NO2/c1-7(10-6-11)8-3-2-4-9(12)5-8/h2-7,12H,1H3,(H,10,11)/t7-/m1/s1. The van der Waals surface area contributed by atoms with E-state index >= 15 is 0 Å². The van der Waals surface area contributed by atoms with E-state index in [0.29, 0.717) is 6.41 Å². The molecule has 0 aliphatic carbocycles. The van der Waals surface area contributed by atoms with Crippen molar-refractivity contribution in [2.75, 3.05) is 0 Å². The van der Waals surface area contributed by atoms with E-state index in [-0.39, 0.29) is 11.8 Å². The summed E-state index contributed by atoms with van der Waals surface area (Å²) >= 11 is 0. The van der Waals surface area contributed by atoms with Gasteiger partial charge in [0.2, 0.25) is 6.41 Å². The first-order valence-corrected chi connectivity index (χ1v) is 3.72. The number of rotatable bonds is 3. The van der Waals surface area contributed by atoms with E-state index in [1.54, 1.807) is 18.2 Å². The number of carbonyl (C=O) groups excluding carboxylic acids is 1. The molecule has 1 rings (SSSR count). The molecule has 1 aromatic carbocycles. The van der Waals surface area contributed by atoms with E-state index < -0.39 is 0 Å². The Morgan fingerprint density at radius 2 is 2.33 bits per heavy atom. The van der Waals surface area contributed by atoms with Crippen LogP contribution in [-0.4, -0.2) is 11.5 Å². The molecule has 12 heavy (non-hydrogen) atoms. The molecular formula is C9H11NO2. The number of amides is 1. The molecule has 0 spiro atoms. The fourth-order valence-electron chi connectivity index (χ4n) is 0.992. The van der Waals surface area contributed by atoms with Crippen LogP contribution in [0, 0.1) is 0 Å². The Balaban J connectivity index is 2.80. The molecule has 0 aromatic heterocycles. The first-order valence-electron chi connectivity index (χ1n) is 3.72. The number of nitrogens with one attached hydrogen (secondary N) is 1. The highest BCUT2D eigenvalue weighted by Gasteiger charge is 2.02. The van der Waals surface area contributed by atoms with Gasteiger partial charge in [0.1, 0.15) is 5.75 Å². The van der Waals surface area contributed by atoms with E-state index in [1.807, 2.05) is 13.0 Å². The van der Waals surface area contributed by atoms with Crippen molar-refractivity contribution in [2.24, 2.45) is 0 Å². The van der Waals surface area contributed by atoms with Crippen molar-refractivity contribution in [3.8, 4) is 5.75 Å². The molecule has 1 aromatic rings. The second-order valence-electron chi connectivity index (χ2n) is 2.60. The van der Waals surface area contributed by atoms with Crippen molar-refractivity contribution < 1.29 is 9.90 Å². The Labute approximate surface area is 71.0 Å². The minimum absolute atomic E-state index is 0.0606. The van der Waals surface area contributed by atoms with Gasteiger partial charge in [-0.1, -0.05) is 12.1 Å². The zero-order valence-corrected chi connectivity index (χ0v) is 6.82. The fraction of sp³-hybridized carbons (Fsp3) is 0.222. The largest absolute Gasteiger partial charge is 0.508 e. The Morgan fingerprint density at radius 3 is 2.92 bits per heavy atom. The van der Waals surface area contributed by atoms with Gasteiger partial charge in [-0.3, -0.25) is 4.79 Å². The number of benzene rings is 1. The zero-order valence-electron chi connectivity index (χ0n) is 6.82. The average molecular weight is 165 g/mol. The molecule has 0 unspecified atom stereocenters. The second-order valence-corrected chi connectivity index (χ2v) is 2.60. The third-order valence-electron chi connectivity index (χ3n) is 1.69. The number of aromatic hydroxyl groups is 1. The first-order chi connectivity index (χ1) is 5.74. The third kappa shape index (κ3) is 1.99. The Kier molecular flexibility index (Phi) is 2.69. The zero-order chi connectivity index (χ0) is 8.97. The normalized spacial score (nSPS) is 12.1. The van der Waals surface area contributed by atoms with Crippen molar-refractivity contribution >= 4 is 6.41 Å². The highest BCUT2D eigenvalue weighted by molar-refractivity contribution is 5.47. The Bertz CT molecular complexity index is 273. The minimum atomic E-state index is -0.0606. The highest BCUT2D eigenvalue weighted by atomic mass is 16.3. The van der Waals surface area contributed by atoms with Gasteiger partial charge in [0, 0.05) is 0 Å². The van der Waals surface area contributed by atoms with Crippen LogP contribution >= 0.6 is 0 Å². The van der Waals surface area contributed by atoms with Gasteiger partial charge in [0.25, 0.3) is 0 Å². The molecule has 0 aliphatic rings. The molecule has 64 valence electrons. The van der Waals surface area contributed by atoms with Gasteiger partial charge in [0.15, 0.2) is 0 Å². The van der Waals surface area contributed by atoms with Gasteiger partial charge >= 0.3 is 0 Å². The lowest BCUT2D eigenvalue weighted by atomic mass is 10.1. The number of hydrogen-bond donors (Lipinski definition) is 2. The lowest BCUT2D eigenvalue weighted by Gasteiger charge is -2.09. The van der Waals surface area contributed by atoms with Crippen LogP contribution in [0.25, 0.3) is 0 Å². The van der Waals surface area contributed by atoms with Gasteiger partial charge in [-0.15, -0.1) is 0 Å². The lowest BCUT2D eigenvalue weighted by Crippen LogP contribution is -2.15. The van der Waals surface area contributed by atoms with Gasteiger partial charge < -0.3 is 10.4 Å². The van der Waals surface area contributed by atoms with Gasteiger partial charge in [0.05, 0.1) is 6.04 Å². The molecule has 3 nitrogen and oxygen atoms in total. The Hall–Kier alpha value is -1.51. The Morgan fingerprint density at radius 1 is 1.58 bits per heavy atom. The maximum Gasteiger partial charge on any atom is 0.207 e. The van der Waals surface area contributed by atoms with E-state index in [9.17, 15) is 4.79 Å². The van der Waals surface area contributed by atoms with Crippen molar-refractivity contribution in [1.82, 2.24) is 5.32 Å². The number of hydrogen-bond acceptors (Lipinski definition) is 2. The lowest BCUT2D eigenvalue weighted by molar-refractivity contribution is -0.110. The second kappa shape index (κ2) is 3.76. The topological polar surface area (TPSA) is 49.3 Å². The number of phenols is 1. The van der Waals surface area contributed by atoms with Crippen LogP contribution in [-0.2, 0) is 4.79 Å². The summed E-state index contributed by atoms with van der Waals surface area (Å²) in [4.78, 5) is 10.1. The molecule has 0 fully saturated rings. The van der Waals surface area contributed by atoms with Crippen molar-refractivity contribution in [2.45, 2.75) is 13.0 Å². The summed E-state index contributed by atoms with van der Waals surface area (Å²) in [5, 5.41) is 11.7. The molecule has 0 aliphatic heterocycles. The third-order valence-corrected chi connectivity index (χ3v) is 1.69. The van der Waals surface area contributed by atoms with Crippen LogP contribution in [0.1, 0.15) is 18.5 Å². The van der Waals surface area contributed by atoms with Gasteiger partial charge in [-0.2, -0.15) is 0 Å².